The molecule has 1 aliphatic heterocycles. The summed E-state index contributed by atoms with van der Waals surface area (Å²) in [6.45, 7) is 6.37. The Hall–Kier alpha value is -2.40. The molecule has 2 heterocycles. The molecule has 4 rings (SSSR count). The summed E-state index contributed by atoms with van der Waals surface area (Å²) in [7, 11) is 0. The van der Waals surface area contributed by atoms with E-state index in [4.69, 9.17) is 0 Å². The molecule has 0 bridgehead atoms. The van der Waals surface area contributed by atoms with E-state index in [1.54, 1.807) is 11.3 Å². The molecule has 0 fully saturated rings. The number of fused-ring (bicyclic) bond motifs is 1. The lowest BCUT2D eigenvalue weighted by Crippen LogP contribution is -2.39. The number of hydrogen-bond acceptors (Lipinski definition) is 4. The minimum atomic E-state index is -0.367. The molecule has 29 heavy (non-hydrogen) atoms. The first-order chi connectivity index (χ1) is 13.9. The Balaban J connectivity index is 1.94. The van der Waals surface area contributed by atoms with Gasteiger partial charge in [0.15, 0.2) is 5.78 Å². The Kier molecular flexibility index (Phi) is 5.34. The number of para-hydroxylation sites is 2. The summed E-state index contributed by atoms with van der Waals surface area (Å²) >= 11 is 1.61. The van der Waals surface area contributed by atoms with Crippen LogP contribution in [0.5, 0.6) is 0 Å². The molecule has 2 aliphatic rings. The van der Waals surface area contributed by atoms with Gasteiger partial charge in [-0.25, -0.2) is 0 Å². The van der Waals surface area contributed by atoms with Gasteiger partial charge in [-0.15, -0.1) is 11.3 Å². The fourth-order valence-corrected chi connectivity index (χ4v) is 5.25. The maximum absolute atomic E-state index is 13.5. The highest BCUT2D eigenvalue weighted by Crippen LogP contribution is 2.49. The Bertz CT molecular complexity index is 959. The first kappa shape index (κ1) is 19.9. The number of amides is 1. The number of carbonyl (C=O) groups is 2. The van der Waals surface area contributed by atoms with E-state index in [1.165, 1.54) is 0 Å². The van der Waals surface area contributed by atoms with Crippen LogP contribution in [0.4, 0.5) is 11.4 Å². The zero-order valence-corrected chi connectivity index (χ0v) is 18.1. The highest BCUT2D eigenvalue weighted by Gasteiger charge is 2.43. The maximum atomic E-state index is 13.5. The number of unbranched alkanes of at least 4 members (excludes halogenated alkanes) is 1. The summed E-state index contributed by atoms with van der Waals surface area (Å²) < 4.78 is 0. The third kappa shape index (κ3) is 3.76. The predicted molar refractivity (Wildman–Crippen MR) is 119 cm³/mol. The van der Waals surface area contributed by atoms with Crippen LogP contribution in [0.2, 0.25) is 0 Å². The van der Waals surface area contributed by atoms with Crippen LogP contribution in [-0.2, 0) is 9.59 Å². The molecule has 1 aliphatic carbocycles. The van der Waals surface area contributed by atoms with E-state index in [2.05, 4.69) is 26.1 Å². The van der Waals surface area contributed by atoms with E-state index in [9.17, 15) is 9.59 Å². The van der Waals surface area contributed by atoms with Crippen molar-refractivity contribution in [1.82, 2.24) is 0 Å². The average molecular weight is 409 g/mol. The molecule has 1 amide bonds. The van der Waals surface area contributed by atoms with Gasteiger partial charge in [-0.3, -0.25) is 14.5 Å². The lowest BCUT2D eigenvalue weighted by molar-refractivity contribution is -0.119. The molecule has 1 atom stereocenters. The van der Waals surface area contributed by atoms with Crippen molar-refractivity contribution >= 4 is 34.4 Å². The number of carbonyl (C=O) groups excluding carboxylic acids is 2. The number of anilines is 2. The summed E-state index contributed by atoms with van der Waals surface area (Å²) in [5.41, 5.74) is 3.37. The van der Waals surface area contributed by atoms with Crippen molar-refractivity contribution in [3.05, 3.63) is 57.9 Å². The van der Waals surface area contributed by atoms with Crippen LogP contribution in [0.15, 0.2) is 53.0 Å². The van der Waals surface area contributed by atoms with E-state index < -0.39 is 0 Å². The van der Waals surface area contributed by atoms with Gasteiger partial charge in [-0.05, 0) is 41.8 Å². The van der Waals surface area contributed by atoms with Crippen LogP contribution < -0.4 is 10.2 Å². The van der Waals surface area contributed by atoms with Crippen LogP contribution >= 0.6 is 11.3 Å². The van der Waals surface area contributed by atoms with Gasteiger partial charge in [0, 0.05) is 29.0 Å². The van der Waals surface area contributed by atoms with Gasteiger partial charge in [0.25, 0.3) is 0 Å². The molecule has 5 heteroatoms. The predicted octanol–water partition coefficient (Wildman–Crippen LogP) is 6.08. The Labute approximate surface area is 176 Å². The summed E-state index contributed by atoms with van der Waals surface area (Å²) in [5, 5.41) is 5.57. The molecule has 0 spiro atoms. The number of nitrogens with one attached hydrogen (secondary N) is 1. The summed E-state index contributed by atoms with van der Waals surface area (Å²) in [5.74, 6) is 0.217. The topological polar surface area (TPSA) is 49.4 Å². The molecule has 152 valence electrons. The molecule has 2 aromatic rings. The molecular weight excluding hydrogens is 380 g/mol. The highest BCUT2D eigenvalue weighted by molar-refractivity contribution is 7.10. The zero-order valence-electron chi connectivity index (χ0n) is 17.3. The van der Waals surface area contributed by atoms with Gasteiger partial charge in [-0.1, -0.05) is 45.4 Å². The first-order valence-electron chi connectivity index (χ1n) is 10.4. The van der Waals surface area contributed by atoms with Crippen LogP contribution in [0.3, 0.4) is 0 Å². The third-order valence-electron chi connectivity index (χ3n) is 5.73. The average Bonchev–Trinajstić information content (AvgIpc) is 3.15. The molecule has 1 N–H and O–H groups in total. The van der Waals surface area contributed by atoms with E-state index in [1.807, 2.05) is 46.7 Å². The SMILES string of the molecule is CCCCC(=O)N1c2ccccc2NC2=C(C(=O)CC(C)(C)C2)[C@H]1c1cccs1. The minimum absolute atomic E-state index is 0.0749. The van der Waals surface area contributed by atoms with Crippen molar-refractivity contribution in [2.75, 3.05) is 10.2 Å². The fourth-order valence-electron chi connectivity index (χ4n) is 4.43. The largest absolute Gasteiger partial charge is 0.357 e. The van der Waals surface area contributed by atoms with Crippen LogP contribution in [-0.4, -0.2) is 11.7 Å². The molecule has 0 radical (unpaired) electrons. The second-order valence-corrected chi connectivity index (χ2v) is 9.74. The molecule has 1 aromatic heterocycles. The van der Waals surface area contributed by atoms with Gasteiger partial charge in [0.2, 0.25) is 5.91 Å². The monoisotopic (exact) mass is 408 g/mol. The van der Waals surface area contributed by atoms with E-state index >= 15 is 0 Å². The van der Waals surface area contributed by atoms with Gasteiger partial charge < -0.3 is 5.32 Å². The van der Waals surface area contributed by atoms with Gasteiger partial charge in [0.05, 0.1) is 11.4 Å². The Morgan fingerprint density at radius 1 is 1.21 bits per heavy atom. The molecular formula is C24H28N2O2S. The Morgan fingerprint density at radius 3 is 2.72 bits per heavy atom. The normalized spacial score (nSPS) is 20.6. The zero-order chi connectivity index (χ0) is 20.6. The number of Topliss-reactive ketones (excluding diaryl/α,β-unsaturated/α-hetero) is 1. The molecule has 4 nitrogen and oxygen atoms in total. The second-order valence-electron chi connectivity index (χ2n) is 8.76. The number of ketones is 1. The minimum Gasteiger partial charge on any atom is -0.357 e. The summed E-state index contributed by atoms with van der Waals surface area (Å²) in [4.78, 5) is 29.8. The smallest absolute Gasteiger partial charge is 0.227 e. The molecule has 0 unspecified atom stereocenters. The van der Waals surface area contributed by atoms with Crippen molar-refractivity contribution < 1.29 is 9.59 Å². The first-order valence-corrected chi connectivity index (χ1v) is 11.3. The quantitative estimate of drug-likeness (QED) is 0.667. The second kappa shape index (κ2) is 7.79. The number of hydrogen-bond donors (Lipinski definition) is 1. The number of benzene rings is 1. The lowest BCUT2D eigenvalue weighted by atomic mass is 9.74. The van der Waals surface area contributed by atoms with Crippen molar-refractivity contribution in [2.45, 2.75) is 58.9 Å². The number of allylic oxidation sites excluding steroid dienone is 1. The van der Waals surface area contributed by atoms with E-state index in [0.717, 1.165) is 46.8 Å². The number of thiophene rings is 1. The van der Waals surface area contributed by atoms with Crippen LogP contribution in [0, 0.1) is 5.41 Å². The maximum Gasteiger partial charge on any atom is 0.227 e. The van der Waals surface area contributed by atoms with Crippen LogP contribution in [0.25, 0.3) is 0 Å². The molecule has 0 saturated carbocycles. The number of rotatable bonds is 4. The van der Waals surface area contributed by atoms with Gasteiger partial charge >= 0.3 is 0 Å². The molecule has 1 aromatic carbocycles. The van der Waals surface area contributed by atoms with Crippen molar-refractivity contribution in [3.63, 3.8) is 0 Å². The van der Waals surface area contributed by atoms with Crippen molar-refractivity contribution in [1.29, 1.82) is 0 Å². The third-order valence-corrected chi connectivity index (χ3v) is 6.65. The molecule has 0 saturated heterocycles. The number of nitrogens with zero attached hydrogens (tertiary/aromatic N) is 1. The van der Waals surface area contributed by atoms with E-state index in [0.29, 0.717) is 12.8 Å². The van der Waals surface area contributed by atoms with E-state index in [-0.39, 0.29) is 23.1 Å². The fraction of sp³-hybridized carbons (Fsp3) is 0.417. The van der Waals surface area contributed by atoms with Crippen LogP contribution in [0.1, 0.15) is 63.8 Å². The van der Waals surface area contributed by atoms with Gasteiger partial charge in [0.1, 0.15) is 6.04 Å². The van der Waals surface area contributed by atoms with Gasteiger partial charge in [-0.2, -0.15) is 0 Å². The van der Waals surface area contributed by atoms with Crippen molar-refractivity contribution in [3.8, 4) is 0 Å². The standard InChI is InChI=1S/C24H28N2O2S/c1-4-5-12-21(28)26-18-10-7-6-9-16(18)25-17-14-24(2,3)15-19(27)22(17)23(26)20-11-8-13-29-20/h6-11,13,23,25H,4-5,12,14-15H2,1-3H3/t23-/m1/s1. The highest BCUT2D eigenvalue weighted by atomic mass is 32.1. The lowest BCUT2D eigenvalue weighted by Gasteiger charge is -2.36. The van der Waals surface area contributed by atoms with Crippen molar-refractivity contribution in [2.24, 2.45) is 5.41 Å². The summed E-state index contributed by atoms with van der Waals surface area (Å²) in [6, 6.07) is 11.6. The Morgan fingerprint density at radius 2 is 2.00 bits per heavy atom. The summed E-state index contributed by atoms with van der Waals surface area (Å²) in [6.07, 6.45) is 3.58.